The summed E-state index contributed by atoms with van der Waals surface area (Å²) in [6.45, 7) is 8.20. The van der Waals surface area contributed by atoms with Crippen LogP contribution in [0.2, 0.25) is 10.0 Å². The average Bonchev–Trinajstić information content (AvgIpc) is 2.61. The molecule has 0 bridgehead atoms. The lowest BCUT2D eigenvalue weighted by Gasteiger charge is -2.14. The molecular formula is C18H20Cl2O6. The molecule has 26 heavy (non-hydrogen) atoms. The smallest absolute Gasteiger partial charge is 0.347 e. The zero-order chi connectivity index (χ0) is 19.9. The SMILES string of the molecule is C=C(CC)C(=O)c1ccc(OCC(=O)OC(C)C(=O)OCC)c(Cl)c1Cl. The predicted octanol–water partition coefficient (Wildman–Crippen LogP) is 4.02. The van der Waals surface area contributed by atoms with Gasteiger partial charge in [0, 0.05) is 5.56 Å². The number of esters is 2. The maximum atomic E-state index is 12.2. The average molecular weight is 403 g/mol. The number of hydrogen-bond donors (Lipinski definition) is 0. The van der Waals surface area contributed by atoms with Crippen LogP contribution in [0, 0.1) is 0 Å². The van der Waals surface area contributed by atoms with Gasteiger partial charge in [0.05, 0.1) is 11.6 Å². The molecule has 0 heterocycles. The molecule has 1 rings (SSSR count). The number of benzene rings is 1. The number of ether oxygens (including phenoxy) is 3. The molecule has 0 saturated heterocycles. The van der Waals surface area contributed by atoms with E-state index >= 15 is 0 Å². The van der Waals surface area contributed by atoms with Crippen molar-refractivity contribution in [2.45, 2.75) is 33.3 Å². The van der Waals surface area contributed by atoms with Crippen LogP contribution in [0.1, 0.15) is 37.6 Å². The number of ketones is 1. The van der Waals surface area contributed by atoms with Crippen molar-refractivity contribution in [2.24, 2.45) is 0 Å². The summed E-state index contributed by atoms with van der Waals surface area (Å²) in [5.74, 6) is -1.64. The van der Waals surface area contributed by atoms with E-state index in [1.807, 2.05) is 0 Å². The molecule has 142 valence electrons. The Labute approximate surface area is 162 Å². The van der Waals surface area contributed by atoms with Crippen LogP contribution in [-0.4, -0.2) is 37.0 Å². The number of hydrogen-bond acceptors (Lipinski definition) is 6. The Bertz CT molecular complexity index is 714. The summed E-state index contributed by atoms with van der Waals surface area (Å²) in [4.78, 5) is 35.3. The maximum Gasteiger partial charge on any atom is 0.347 e. The third-order valence-corrected chi connectivity index (χ3v) is 4.18. The topological polar surface area (TPSA) is 78.9 Å². The fraction of sp³-hybridized carbons (Fsp3) is 0.389. The van der Waals surface area contributed by atoms with Crippen LogP contribution in [0.5, 0.6) is 5.75 Å². The summed E-state index contributed by atoms with van der Waals surface area (Å²) in [5.41, 5.74) is 0.600. The van der Waals surface area contributed by atoms with Gasteiger partial charge in [-0.2, -0.15) is 0 Å². The molecule has 1 atom stereocenters. The van der Waals surface area contributed by atoms with E-state index in [9.17, 15) is 14.4 Å². The molecule has 0 radical (unpaired) electrons. The molecule has 6 nitrogen and oxygen atoms in total. The third-order valence-electron chi connectivity index (χ3n) is 3.31. The molecule has 1 aromatic carbocycles. The van der Waals surface area contributed by atoms with Gasteiger partial charge in [-0.3, -0.25) is 4.79 Å². The summed E-state index contributed by atoms with van der Waals surface area (Å²) < 4.78 is 14.9. The van der Waals surface area contributed by atoms with Gasteiger partial charge < -0.3 is 14.2 Å². The molecule has 0 N–H and O–H groups in total. The van der Waals surface area contributed by atoms with Gasteiger partial charge in [-0.1, -0.05) is 36.7 Å². The summed E-state index contributed by atoms with van der Waals surface area (Å²) >= 11 is 12.2. The second kappa shape index (κ2) is 10.2. The highest BCUT2D eigenvalue weighted by Crippen LogP contribution is 2.35. The van der Waals surface area contributed by atoms with Gasteiger partial charge in [0.2, 0.25) is 0 Å². The number of halogens is 2. The van der Waals surface area contributed by atoms with Gasteiger partial charge in [-0.15, -0.1) is 0 Å². The summed E-state index contributed by atoms with van der Waals surface area (Å²) in [6.07, 6.45) is -0.569. The van der Waals surface area contributed by atoms with E-state index in [0.29, 0.717) is 12.0 Å². The van der Waals surface area contributed by atoms with Crippen LogP contribution in [-0.2, 0) is 19.1 Å². The third kappa shape index (κ3) is 5.75. The Kier molecular flexibility index (Phi) is 8.61. The number of carbonyl (C=O) groups excluding carboxylic acids is 3. The Morgan fingerprint density at radius 3 is 2.38 bits per heavy atom. The fourth-order valence-corrected chi connectivity index (χ4v) is 2.31. The quantitative estimate of drug-likeness (QED) is 0.352. The second-order valence-electron chi connectivity index (χ2n) is 5.20. The van der Waals surface area contributed by atoms with Crippen molar-refractivity contribution in [3.8, 4) is 5.75 Å². The molecule has 0 aliphatic carbocycles. The molecule has 0 fully saturated rings. The minimum atomic E-state index is -1.05. The van der Waals surface area contributed by atoms with Crippen LogP contribution in [0.15, 0.2) is 24.3 Å². The van der Waals surface area contributed by atoms with Gasteiger partial charge in [-0.25, -0.2) is 9.59 Å². The zero-order valence-corrected chi connectivity index (χ0v) is 16.3. The lowest BCUT2D eigenvalue weighted by molar-refractivity contribution is -0.167. The Balaban J connectivity index is 2.76. The minimum Gasteiger partial charge on any atom is -0.480 e. The van der Waals surface area contributed by atoms with Crippen LogP contribution in [0.25, 0.3) is 0 Å². The predicted molar refractivity (Wildman–Crippen MR) is 97.9 cm³/mol. The fourth-order valence-electron chi connectivity index (χ4n) is 1.85. The lowest BCUT2D eigenvalue weighted by atomic mass is 10.0. The van der Waals surface area contributed by atoms with Crippen molar-refractivity contribution in [2.75, 3.05) is 13.2 Å². The van der Waals surface area contributed by atoms with E-state index < -0.39 is 24.6 Å². The Hall–Kier alpha value is -2.05. The highest BCUT2D eigenvalue weighted by molar-refractivity contribution is 6.45. The zero-order valence-electron chi connectivity index (χ0n) is 14.8. The standard InChI is InChI=1S/C18H20Cl2O6/c1-5-10(3)17(22)12-7-8-13(16(20)15(12)19)25-9-14(21)26-11(4)18(23)24-6-2/h7-8,11H,3,5-6,9H2,1-2,4H3. The van der Waals surface area contributed by atoms with Crippen molar-refractivity contribution >= 4 is 40.9 Å². The number of Topliss-reactive ketones (excluding diaryl/α,β-unsaturated/α-hetero) is 1. The van der Waals surface area contributed by atoms with Gasteiger partial charge in [-0.05, 0) is 38.0 Å². The lowest BCUT2D eigenvalue weighted by Crippen LogP contribution is -2.28. The summed E-state index contributed by atoms with van der Waals surface area (Å²) in [5, 5.41) is 0.00434. The highest BCUT2D eigenvalue weighted by atomic mass is 35.5. The Morgan fingerprint density at radius 2 is 1.81 bits per heavy atom. The summed E-state index contributed by atoms with van der Waals surface area (Å²) in [7, 11) is 0. The molecule has 8 heteroatoms. The molecular weight excluding hydrogens is 383 g/mol. The summed E-state index contributed by atoms with van der Waals surface area (Å²) in [6, 6.07) is 2.87. The van der Waals surface area contributed by atoms with Crippen LogP contribution in [0.3, 0.4) is 0 Å². The van der Waals surface area contributed by atoms with Crippen molar-refractivity contribution < 1.29 is 28.6 Å². The molecule has 0 saturated carbocycles. The number of carbonyl (C=O) groups is 3. The van der Waals surface area contributed by atoms with Gasteiger partial charge in [0.15, 0.2) is 18.5 Å². The van der Waals surface area contributed by atoms with E-state index in [-0.39, 0.29) is 33.7 Å². The van der Waals surface area contributed by atoms with Crippen LogP contribution < -0.4 is 4.74 Å². The normalized spacial score (nSPS) is 11.4. The molecule has 0 amide bonds. The van der Waals surface area contributed by atoms with Gasteiger partial charge in [0.25, 0.3) is 0 Å². The van der Waals surface area contributed by atoms with Crippen LogP contribution >= 0.6 is 23.2 Å². The van der Waals surface area contributed by atoms with Crippen molar-refractivity contribution in [1.82, 2.24) is 0 Å². The van der Waals surface area contributed by atoms with Crippen molar-refractivity contribution in [3.63, 3.8) is 0 Å². The van der Waals surface area contributed by atoms with E-state index in [2.05, 4.69) is 6.58 Å². The largest absolute Gasteiger partial charge is 0.480 e. The van der Waals surface area contributed by atoms with Gasteiger partial charge >= 0.3 is 11.9 Å². The van der Waals surface area contributed by atoms with Crippen molar-refractivity contribution in [1.29, 1.82) is 0 Å². The minimum absolute atomic E-state index is 0.00680. The second-order valence-corrected chi connectivity index (χ2v) is 5.95. The monoisotopic (exact) mass is 402 g/mol. The molecule has 0 aliphatic rings. The van der Waals surface area contributed by atoms with Crippen LogP contribution in [0.4, 0.5) is 0 Å². The molecule has 1 aromatic rings. The maximum absolute atomic E-state index is 12.2. The molecule has 0 spiro atoms. The molecule has 0 aliphatic heterocycles. The first kappa shape index (κ1) is 22.0. The van der Waals surface area contributed by atoms with Gasteiger partial charge in [0.1, 0.15) is 10.8 Å². The van der Waals surface area contributed by atoms with E-state index in [1.54, 1.807) is 13.8 Å². The first-order valence-corrected chi connectivity index (χ1v) is 8.67. The molecule has 0 aromatic heterocycles. The first-order valence-electron chi connectivity index (χ1n) is 7.92. The van der Waals surface area contributed by atoms with E-state index in [4.69, 9.17) is 37.4 Å². The van der Waals surface area contributed by atoms with Crippen molar-refractivity contribution in [3.05, 3.63) is 39.9 Å². The number of rotatable bonds is 9. The Morgan fingerprint density at radius 1 is 1.15 bits per heavy atom. The van der Waals surface area contributed by atoms with E-state index in [1.165, 1.54) is 19.1 Å². The highest BCUT2D eigenvalue weighted by Gasteiger charge is 2.21. The number of allylic oxidation sites excluding steroid dienone is 1. The first-order chi connectivity index (χ1) is 12.2. The molecule has 1 unspecified atom stereocenters. The van der Waals surface area contributed by atoms with E-state index in [0.717, 1.165) is 0 Å².